The monoisotopic (exact) mass is 252 g/mol. The summed E-state index contributed by atoms with van der Waals surface area (Å²) in [5.74, 6) is -3.86. The second-order valence-electron chi connectivity index (χ2n) is 5.08. The second-order valence-corrected chi connectivity index (χ2v) is 5.08. The first-order chi connectivity index (χ1) is 7.80. The summed E-state index contributed by atoms with van der Waals surface area (Å²) in [5.41, 5.74) is 0. The van der Waals surface area contributed by atoms with Gasteiger partial charge in [-0.25, -0.2) is 0 Å². The Morgan fingerprint density at radius 1 is 1.35 bits per heavy atom. The number of alkyl halides is 3. The van der Waals surface area contributed by atoms with Crippen LogP contribution < -0.4 is 0 Å². The van der Waals surface area contributed by atoms with Crippen molar-refractivity contribution in [1.82, 2.24) is 0 Å². The van der Waals surface area contributed by atoms with E-state index < -0.39 is 30.1 Å². The van der Waals surface area contributed by atoms with Crippen molar-refractivity contribution >= 4 is 5.97 Å². The average Bonchev–Trinajstić information content (AvgIpc) is 2.58. The highest BCUT2D eigenvalue weighted by molar-refractivity contribution is 5.70. The van der Waals surface area contributed by atoms with E-state index >= 15 is 0 Å². The van der Waals surface area contributed by atoms with Crippen molar-refractivity contribution in [2.45, 2.75) is 32.0 Å². The van der Waals surface area contributed by atoms with Crippen LogP contribution in [-0.4, -0.2) is 30.0 Å². The third-order valence-electron chi connectivity index (χ3n) is 3.96. The summed E-state index contributed by atoms with van der Waals surface area (Å²) in [6.45, 7) is 2.21. The van der Waals surface area contributed by atoms with Crippen LogP contribution in [0.1, 0.15) is 19.8 Å². The lowest BCUT2D eigenvalue weighted by Gasteiger charge is -2.37. The van der Waals surface area contributed by atoms with Gasteiger partial charge in [0, 0.05) is 12.5 Å². The number of aliphatic carboxylic acids is 1. The van der Waals surface area contributed by atoms with Crippen LogP contribution >= 0.6 is 0 Å². The summed E-state index contributed by atoms with van der Waals surface area (Å²) in [6.07, 6.45) is -5.28. The van der Waals surface area contributed by atoms with Gasteiger partial charge in [-0.2, -0.15) is 13.2 Å². The molecular weight excluding hydrogens is 237 g/mol. The third-order valence-corrected chi connectivity index (χ3v) is 3.96. The zero-order valence-electron chi connectivity index (χ0n) is 9.41. The molecule has 1 heterocycles. The topological polar surface area (TPSA) is 46.5 Å². The molecule has 1 aliphatic heterocycles. The van der Waals surface area contributed by atoms with E-state index in [0.717, 1.165) is 0 Å². The Kier molecular flexibility index (Phi) is 3.10. The molecule has 0 spiro atoms. The van der Waals surface area contributed by atoms with Crippen LogP contribution in [0.15, 0.2) is 0 Å². The molecule has 1 saturated heterocycles. The summed E-state index contributed by atoms with van der Waals surface area (Å²) in [6, 6.07) is 0. The highest BCUT2D eigenvalue weighted by Crippen LogP contribution is 2.48. The summed E-state index contributed by atoms with van der Waals surface area (Å²) >= 11 is 0. The van der Waals surface area contributed by atoms with Gasteiger partial charge in [0.25, 0.3) is 0 Å². The first kappa shape index (κ1) is 12.7. The van der Waals surface area contributed by atoms with Crippen molar-refractivity contribution in [2.75, 3.05) is 6.61 Å². The first-order valence-corrected chi connectivity index (χ1v) is 5.71. The van der Waals surface area contributed by atoms with E-state index in [1.54, 1.807) is 0 Å². The smallest absolute Gasteiger partial charge is 0.391 e. The zero-order valence-corrected chi connectivity index (χ0v) is 9.41. The molecule has 2 fully saturated rings. The molecule has 1 N–H and O–H groups in total. The van der Waals surface area contributed by atoms with Gasteiger partial charge in [0.2, 0.25) is 0 Å². The van der Waals surface area contributed by atoms with E-state index in [-0.39, 0.29) is 24.7 Å². The van der Waals surface area contributed by atoms with Gasteiger partial charge in [-0.15, -0.1) is 0 Å². The Balaban J connectivity index is 2.20. The largest absolute Gasteiger partial charge is 0.481 e. The molecule has 17 heavy (non-hydrogen) atoms. The quantitative estimate of drug-likeness (QED) is 0.779. The van der Waals surface area contributed by atoms with Gasteiger partial charge in [0.05, 0.1) is 17.9 Å². The van der Waals surface area contributed by atoms with Crippen molar-refractivity contribution in [3.8, 4) is 0 Å². The van der Waals surface area contributed by atoms with Crippen molar-refractivity contribution in [3.05, 3.63) is 0 Å². The second kappa shape index (κ2) is 4.15. The molecule has 98 valence electrons. The molecule has 5 atom stereocenters. The summed E-state index contributed by atoms with van der Waals surface area (Å²) in [5, 5.41) is 9.06. The molecule has 1 saturated carbocycles. The molecule has 0 aromatic heterocycles. The van der Waals surface area contributed by atoms with Crippen LogP contribution in [0.4, 0.5) is 13.2 Å². The molecule has 2 rings (SSSR count). The standard InChI is InChI=1S/C11H15F3O3/c1-5-4-17-8-3-6(11(12,13)14)2-7(9(5)8)10(15)16/h5-9H,2-4H2,1H3,(H,15,16)/t5-,6-,7+,8-,9+/m1/s1. The molecule has 2 aliphatic rings. The van der Waals surface area contributed by atoms with Crippen LogP contribution in [0.2, 0.25) is 0 Å². The van der Waals surface area contributed by atoms with Crippen molar-refractivity contribution in [1.29, 1.82) is 0 Å². The van der Waals surface area contributed by atoms with E-state index in [1.807, 2.05) is 6.92 Å². The summed E-state index contributed by atoms with van der Waals surface area (Å²) in [4.78, 5) is 11.1. The molecule has 0 unspecified atom stereocenters. The Hall–Kier alpha value is -0.780. The number of carboxylic acids is 1. The van der Waals surface area contributed by atoms with Crippen LogP contribution in [0, 0.1) is 23.7 Å². The van der Waals surface area contributed by atoms with Gasteiger partial charge < -0.3 is 9.84 Å². The molecule has 3 nitrogen and oxygen atoms in total. The Bertz CT molecular complexity index is 316. The lowest BCUT2D eigenvalue weighted by atomic mass is 9.69. The number of carboxylic acid groups (broad SMARTS) is 1. The first-order valence-electron chi connectivity index (χ1n) is 5.71. The summed E-state index contributed by atoms with van der Waals surface area (Å²) < 4.78 is 43.4. The Labute approximate surface area is 96.9 Å². The zero-order chi connectivity index (χ0) is 12.8. The molecule has 0 aromatic rings. The SMILES string of the molecule is C[C@@H]1CO[C@@H]2C[C@H](C(F)(F)F)C[C@H](C(=O)O)[C@H]12. The van der Waals surface area contributed by atoms with E-state index in [2.05, 4.69) is 0 Å². The molecule has 0 bridgehead atoms. The Morgan fingerprint density at radius 2 is 2.00 bits per heavy atom. The average molecular weight is 252 g/mol. The maximum Gasteiger partial charge on any atom is 0.391 e. The minimum absolute atomic E-state index is 0.0234. The fraction of sp³-hybridized carbons (Fsp3) is 0.909. The minimum atomic E-state index is -4.33. The predicted molar refractivity (Wildman–Crippen MR) is 52.3 cm³/mol. The van der Waals surface area contributed by atoms with Crippen molar-refractivity contribution in [3.63, 3.8) is 0 Å². The number of halogens is 3. The van der Waals surface area contributed by atoms with E-state index in [4.69, 9.17) is 9.84 Å². The Morgan fingerprint density at radius 3 is 2.53 bits per heavy atom. The maximum atomic E-state index is 12.7. The summed E-state index contributed by atoms with van der Waals surface area (Å²) in [7, 11) is 0. The lowest BCUT2D eigenvalue weighted by molar-refractivity contribution is -0.201. The fourth-order valence-electron chi connectivity index (χ4n) is 3.12. The van der Waals surface area contributed by atoms with Crippen molar-refractivity contribution < 1.29 is 27.8 Å². The molecule has 1 aliphatic carbocycles. The fourth-order valence-corrected chi connectivity index (χ4v) is 3.12. The molecular formula is C11H15F3O3. The number of ether oxygens (including phenoxy) is 1. The van der Waals surface area contributed by atoms with Crippen molar-refractivity contribution in [2.24, 2.45) is 23.7 Å². The van der Waals surface area contributed by atoms with Crippen LogP contribution in [0.3, 0.4) is 0 Å². The van der Waals surface area contributed by atoms with Gasteiger partial charge in [-0.1, -0.05) is 6.92 Å². The molecule has 0 radical (unpaired) electrons. The molecule has 0 aromatic carbocycles. The van der Waals surface area contributed by atoms with E-state index in [9.17, 15) is 18.0 Å². The minimum Gasteiger partial charge on any atom is -0.481 e. The highest BCUT2D eigenvalue weighted by atomic mass is 19.4. The van der Waals surface area contributed by atoms with Gasteiger partial charge >= 0.3 is 12.1 Å². The number of fused-ring (bicyclic) bond motifs is 1. The molecule has 0 amide bonds. The predicted octanol–water partition coefficient (Wildman–Crippen LogP) is 2.31. The van der Waals surface area contributed by atoms with Crippen LogP contribution in [0.25, 0.3) is 0 Å². The number of hydrogen-bond acceptors (Lipinski definition) is 2. The van der Waals surface area contributed by atoms with Gasteiger partial charge in [0.15, 0.2) is 0 Å². The van der Waals surface area contributed by atoms with Gasteiger partial charge in [-0.05, 0) is 18.8 Å². The third kappa shape index (κ3) is 2.27. The maximum absolute atomic E-state index is 12.7. The number of carbonyl (C=O) groups is 1. The normalized spacial score (nSPS) is 42.2. The number of hydrogen-bond donors (Lipinski definition) is 1. The van der Waals surface area contributed by atoms with Gasteiger partial charge in [0.1, 0.15) is 0 Å². The molecule has 6 heteroatoms. The highest BCUT2D eigenvalue weighted by Gasteiger charge is 2.54. The van der Waals surface area contributed by atoms with Crippen LogP contribution in [0.5, 0.6) is 0 Å². The number of rotatable bonds is 1. The lowest BCUT2D eigenvalue weighted by Crippen LogP contribution is -2.44. The van der Waals surface area contributed by atoms with E-state index in [0.29, 0.717) is 6.61 Å². The van der Waals surface area contributed by atoms with Gasteiger partial charge in [-0.3, -0.25) is 4.79 Å². The van der Waals surface area contributed by atoms with Crippen LogP contribution in [-0.2, 0) is 9.53 Å². The van der Waals surface area contributed by atoms with E-state index in [1.165, 1.54) is 0 Å².